The number of esters is 1. The molecular weight excluding hydrogens is 152 g/mol. The molecule has 12 heavy (non-hydrogen) atoms. The van der Waals surface area contributed by atoms with Gasteiger partial charge in [-0.05, 0) is 18.8 Å². The smallest absolute Gasteiger partial charge is 0.308 e. The molecule has 2 heteroatoms. The molecule has 0 aliphatic rings. The molecule has 0 amide bonds. The van der Waals surface area contributed by atoms with E-state index in [9.17, 15) is 4.79 Å². The topological polar surface area (TPSA) is 26.3 Å². The highest BCUT2D eigenvalue weighted by Gasteiger charge is 2.15. The van der Waals surface area contributed by atoms with Gasteiger partial charge in [-0.15, -0.1) is 0 Å². The van der Waals surface area contributed by atoms with Crippen molar-refractivity contribution in [3.05, 3.63) is 0 Å². The van der Waals surface area contributed by atoms with E-state index in [2.05, 4.69) is 0 Å². The highest BCUT2D eigenvalue weighted by molar-refractivity contribution is 5.72. The first kappa shape index (κ1) is 11.5. The van der Waals surface area contributed by atoms with Gasteiger partial charge < -0.3 is 4.74 Å². The Morgan fingerprint density at radius 1 is 1.25 bits per heavy atom. The minimum absolute atomic E-state index is 0.0336. The second-order valence-electron chi connectivity index (χ2n) is 3.54. The number of hydrogen-bond acceptors (Lipinski definition) is 2. The quantitative estimate of drug-likeness (QED) is 0.596. The molecule has 0 aromatic carbocycles. The predicted molar refractivity (Wildman–Crippen MR) is 49.9 cm³/mol. The normalized spacial score (nSPS) is 10.8. The second kappa shape index (κ2) is 6.04. The maximum Gasteiger partial charge on any atom is 0.308 e. The molecule has 2 nitrogen and oxygen atoms in total. The standard InChI is InChI=1S/C10H20O2/c1-5-9(6-2)10(11)12-7-8(3)4/h8-9H,5-7H2,1-4H3. The van der Waals surface area contributed by atoms with Gasteiger partial charge in [-0.1, -0.05) is 27.7 Å². The van der Waals surface area contributed by atoms with E-state index >= 15 is 0 Å². The number of rotatable bonds is 5. The van der Waals surface area contributed by atoms with Crippen LogP contribution in [-0.2, 0) is 9.53 Å². The molecule has 0 saturated heterocycles. The largest absolute Gasteiger partial charge is 0.465 e. The highest BCUT2D eigenvalue weighted by Crippen LogP contribution is 2.10. The summed E-state index contributed by atoms with van der Waals surface area (Å²) in [7, 11) is 0. The predicted octanol–water partition coefficient (Wildman–Crippen LogP) is 2.62. The molecule has 0 bridgehead atoms. The van der Waals surface area contributed by atoms with Crippen LogP contribution >= 0.6 is 0 Å². The van der Waals surface area contributed by atoms with Crippen molar-refractivity contribution in [2.45, 2.75) is 40.5 Å². The van der Waals surface area contributed by atoms with Crippen molar-refractivity contribution in [2.75, 3.05) is 6.61 Å². The van der Waals surface area contributed by atoms with Gasteiger partial charge >= 0.3 is 5.97 Å². The summed E-state index contributed by atoms with van der Waals surface area (Å²) in [4.78, 5) is 11.3. The summed E-state index contributed by atoms with van der Waals surface area (Å²) in [6, 6.07) is 0. The van der Waals surface area contributed by atoms with E-state index in [4.69, 9.17) is 4.74 Å². The lowest BCUT2D eigenvalue weighted by Crippen LogP contribution is -2.18. The van der Waals surface area contributed by atoms with Crippen LogP contribution in [0.25, 0.3) is 0 Å². The number of ether oxygens (including phenoxy) is 1. The molecule has 0 saturated carbocycles. The van der Waals surface area contributed by atoms with Gasteiger partial charge in [-0.3, -0.25) is 4.79 Å². The summed E-state index contributed by atoms with van der Waals surface area (Å²) in [5.41, 5.74) is 0. The van der Waals surface area contributed by atoms with Crippen molar-refractivity contribution < 1.29 is 9.53 Å². The first-order valence-corrected chi connectivity index (χ1v) is 4.78. The van der Waals surface area contributed by atoms with E-state index in [1.54, 1.807) is 0 Å². The molecule has 72 valence electrons. The fourth-order valence-corrected chi connectivity index (χ4v) is 0.989. The molecule has 0 aromatic heterocycles. The molecule has 0 aliphatic carbocycles. The van der Waals surface area contributed by atoms with Crippen LogP contribution in [0.3, 0.4) is 0 Å². The maximum atomic E-state index is 11.3. The molecule has 0 aliphatic heterocycles. The Morgan fingerprint density at radius 2 is 1.75 bits per heavy atom. The van der Waals surface area contributed by atoms with Crippen molar-refractivity contribution in [1.82, 2.24) is 0 Å². The van der Waals surface area contributed by atoms with Crippen molar-refractivity contribution in [3.63, 3.8) is 0 Å². The lowest BCUT2D eigenvalue weighted by molar-refractivity contribution is -0.149. The van der Waals surface area contributed by atoms with E-state index in [-0.39, 0.29) is 11.9 Å². The van der Waals surface area contributed by atoms with Crippen LogP contribution < -0.4 is 0 Å². The summed E-state index contributed by atoms with van der Waals surface area (Å²) >= 11 is 0. The third kappa shape index (κ3) is 4.37. The third-order valence-electron chi connectivity index (χ3n) is 1.88. The summed E-state index contributed by atoms with van der Waals surface area (Å²) in [6.07, 6.45) is 1.76. The average Bonchev–Trinajstić information content (AvgIpc) is 2.03. The van der Waals surface area contributed by atoms with E-state index in [1.165, 1.54) is 0 Å². The van der Waals surface area contributed by atoms with Crippen LogP contribution in [0.1, 0.15) is 40.5 Å². The lowest BCUT2D eigenvalue weighted by atomic mass is 10.0. The number of hydrogen-bond donors (Lipinski definition) is 0. The average molecular weight is 172 g/mol. The van der Waals surface area contributed by atoms with Crippen molar-refractivity contribution in [3.8, 4) is 0 Å². The monoisotopic (exact) mass is 172 g/mol. The molecule has 0 atom stereocenters. The van der Waals surface area contributed by atoms with Gasteiger partial charge in [0.2, 0.25) is 0 Å². The molecule has 0 aromatic rings. The van der Waals surface area contributed by atoms with Gasteiger partial charge in [-0.2, -0.15) is 0 Å². The molecule has 0 fully saturated rings. The molecule has 0 radical (unpaired) electrons. The summed E-state index contributed by atoms with van der Waals surface area (Å²) in [5.74, 6) is 0.501. The summed E-state index contributed by atoms with van der Waals surface area (Å²) < 4.78 is 5.11. The van der Waals surface area contributed by atoms with E-state index < -0.39 is 0 Å². The maximum absolute atomic E-state index is 11.3. The fraction of sp³-hybridized carbons (Fsp3) is 0.900. The second-order valence-corrected chi connectivity index (χ2v) is 3.54. The zero-order chi connectivity index (χ0) is 9.56. The minimum Gasteiger partial charge on any atom is -0.465 e. The first-order chi connectivity index (χ1) is 5.61. The molecule has 0 spiro atoms. The van der Waals surface area contributed by atoms with Crippen LogP contribution in [0.2, 0.25) is 0 Å². The van der Waals surface area contributed by atoms with Gasteiger partial charge in [0, 0.05) is 0 Å². The van der Waals surface area contributed by atoms with Gasteiger partial charge in [0.25, 0.3) is 0 Å². The van der Waals surface area contributed by atoms with Crippen molar-refractivity contribution in [2.24, 2.45) is 11.8 Å². The third-order valence-corrected chi connectivity index (χ3v) is 1.88. The Bertz CT molecular complexity index is 126. The van der Waals surface area contributed by atoms with Crippen LogP contribution in [0.15, 0.2) is 0 Å². The van der Waals surface area contributed by atoms with E-state index in [1.807, 2.05) is 27.7 Å². The summed E-state index contributed by atoms with van der Waals surface area (Å²) in [6.45, 7) is 8.67. The van der Waals surface area contributed by atoms with Gasteiger partial charge in [-0.25, -0.2) is 0 Å². The molecule has 0 N–H and O–H groups in total. The summed E-state index contributed by atoms with van der Waals surface area (Å²) in [5, 5.41) is 0. The van der Waals surface area contributed by atoms with Gasteiger partial charge in [0.1, 0.15) is 0 Å². The lowest BCUT2D eigenvalue weighted by Gasteiger charge is -2.12. The molecule has 0 rings (SSSR count). The Kier molecular flexibility index (Phi) is 5.77. The van der Waals surface area contributed by atoms with E-state index in [0.29, 0.717) is 12.5 Å². The Balaban J connectivity index is 3.69. The van der Waals surface area contributed by atoms with Crippen molar-refractivity contribution >= 4 is 5.97 Å². The first-order valence-electron chi connectivity index (χ1n) is 4.78. The Morgan fingerprint density at radius 3 is 2.08 bits per heavy atom. The van der Waals surface area contributed by atoms with Crippen molar-refractivity contribution in [1.29, 1.82) is 0 Å². The SMILES string of the molecule is CCC(CC)C(=O)OCC(C)C. The number of carbonyl (C=O) groups is 1. The van der Waals surface area contributed by atoms with Crippen LogP contribution in [0.4, 0.5) is 0 Å². The molecular formula is C10H20O2. The zero-order valence-electron chi connectivity index (χ0n) is 8.59. The van der Waals surface area contributed by atoms with Gasteiger partial charge in [0.05, 0.1) is 12.5 Å². The molecule has 0 heterocycles. The van der Waals surface area contributed by atoms with Crippen LogP contribution in [-0.4, -0.2) is 12.6 Å². The number of carbonyl (C=O) groups excluding carboxylic acids is 1. The van der Waals surface area contributed by atoms with Crippen LogP contribution in [0, 0.1) is 11.8 Å². The zero-order valence-corrected chi connectivity index (χ0v) is 8.59. The van der Waals surface area contributed by atoms with Gasteiger partial charge in [0.15, 0.2) is 0 Å². The van der Waals surface area contributed by atoms with E-state index in [0.717, 1.165) is 12.8 Å². The minimum atomic E-state index is -0.0336. The highest BCUT2D eigenvalue weighted by atomic mass is 16.5. The van der Waals surface area contributed by atoms with Crippen LogP contribution in [0.5, 0.6) is 0 Å². The Hall–Kier alpha value is -0.530. The Labute approximate surface area is 75.3 Å². The molecule has 0 unspecified atom stereocenters. The fourth-order valence-electron chi connectivity index (χ4n) is 0.989.